The van der Waals surface area contributed by atoms with Gasteiger partial charge in [-0.2, -0.15) is 15.2 Å². The average Bonchev–Trinajstić information content (AvgIpc) is 2.55. The van der Waals surface area contributed by atoms with E-state index in [0.717, 1.165) is 0 Å². The number of rotatable bonds is 4. The summed E-state index contributed by atoms with van der Waals surface area (Å²) in [5, 5.41) is 9.51. The van der Waals surface area contributed by atoms with Gasteiger partial charge in [0, 0.05) is 24.5 Å². The fourth-order valence-corrected chi connectivity index (χ4v) is 2.05. The fraction of sp³-hybridized carbons (Fsp3) is 0. The number of ether oxygens (including phenoxy) is 2. The van der Waals surface area contributed by atoms with E-state index in [4.69, 9.17) is 32.7 Å². The second-order valence-electron chi connectivity index (χ2n) is 4.27. The zero-order valence-electron chi connectivity index (χ0n) is 11.8. The van der Waals surface area contributed by atoms with E-state index in [2.05, 4.69) is 19.9 Å². The zero-order valence-corrected chi connectivity index (χ0v) is 13.4. The Hall–Kier alpha value is -2.95. The van der Waals surface area contributed by atoms with E-state index < -0.39 is 0 Å². The maximum atomic E-state index is 9.44. The van der Waals surface area contributed by atoms with Crippen LogP contribution in [0.3, 0.4) is 0 Å². The van der Waals surface area contributed by atoms with Gasteiger partial charge in [-0.1, -0.05) is 6.07 Å². The first kappa shape index (κ1) is 15.9. The third kappa shape index (κ3) is 3.68. The van der Waals surface area contributed by atoms with E-state index in [1.54, 1.807) is 18.2 Å². The first-order valence-electron chi connectivity index (χ1n) is 6.51. The molecule has 0 radical (unpaired) electrons. The maximum Gasteiger partial charge on any atom is 0.225 e. The molecule has 0 aliphatic heterocycles. The standard InChI is InChI=1S/C15H7Cl2N5O2/c16-14-19-6-4-12(21-14)23-10-2-1-3-11(9(10)8-18)24-13-5-7-20-15(17)22-13/h1-7H. The fourth-order valence-electron chi connectivity index (χ4n) is 1.77. The topological polar surface area (TPSA) is 93.8 Å². The van der Waals surface area contributed by atoms with Crippen LogP contribution in [0.1, 0.15) is 5.56 Å². The smallest absolute Gasteiger partial charge is 0.225 e. The summed E-state index contributed by atoms with van der Waals surface area (Å²) in [5.41, 5.74) is 0.168. The Morgan fingerprint density at radius 3 is 1.75 bits per heavy atom. The maximum absolute atomic E-state index is 9.44. The lowest BCUT2D eigenvalue weighted by Crippen LogP contribution is -1.96. The third-order valence-electron chi connectivity index (χ3n) is 2.73. The third-order valence-corrected chi connectivity index (χ3v) is 3.09. The molecular formula is C15H7Cl2N5O2. The Bertz CT molecular complexity index is 864. The van der Waals surface area contributed by atoms with Gasteiger partial charge in [-0.25, -0.2) is 9.97 Å². The molecule has 2 heterocycles. The summed E-state index contributed by atoms with van der Waals surface area (Å²) >= 11 is 11.4. The molecule has 0 fully saturated rings. The summed E-state index contributed by atoms with van der Waals surface area (Å²) in [4.78, 5) is 15.4. The molecule has 3 rings (SSSR count). The van der Waals surface area contributed by atoms with Crippen molar-refractivity contribution >= 4 is 23.2 Å². The van der Waals surface area contributed by atoms with Gasteiger partial charge >= 0.3 is 0 Å². The van der Waals surface area contributed by atoms with Gasteiger partial charge in [0.05, 0.1) is 0 Å². The summed E-state index contributed by atoms with van der Waals surface area (Å²) in [6, 6.07) is 9.94. The minimum Gasteiger partial charge on any atom is -0.437 e. The summed E-state index contributed by atoms with van der Waals surface area (Å²) in [5.74, 6) is 0.914. The lowest BCUT2D eigenvalue weighted by Gasteiger charge is -2.10. The highest BCUT2D eigenvalue weighted by Crippen LogP contribution is 2.33. The van der Waals surface area contributed by atoms with Gasteiger partial charge in [0.25, 0.3) is 0 Å². The second kappa shape index (κ2) is 7.08. The number of hydrogen-bond acceptors (Lipinski definition) is 7. The molecule has 0 atom stereocenters. The van der Waals surface area contributed by atoms with Crippen molar-refractivity contribution in [3.05, 3.63) is 58.9 Å². The van der Waals surface area contributed by atoms with Crippen molar-refractivity contribution in [1.29, 1.82) is 5.26 Å². The lowest BCUT2D eigenvalue weighted by molar-refractivity contribution is 0.438. The van der Waals surface area contributed by atoms with Gasteiger partial charge in [0.1, 0.15) is 11.6 Å². The number of aromatic nitrogens is 4. The molecule has 0 aliphatic rings. The Morgan fingerprint density at radius 2 is 1.33 bits per heavy atom. The number of hydrogen-bond donors (Lipinski definition) is 0. The van der Waals surface area contributed by atoms with Crippen LogP contribution in [0.15, 0.2) is 42.7 Å². The normalized spacial score (nSPS) is 10.0. The van der Waals surface area contributed by atoms with Crippen LogP contribution in [0.4, 0.5) is 0 Å². The van der Waals surface area contributed by atoms with Crippen LogP contribution in [-0.4, -0.2) is 19.9 Å². The summed E-state index contributed by atoms with van der Waals surface area (Å²) < 4.78 is 11.2. The number of halogens is 2. The van der Waals surface area contributed by atoms with E-state index >= 15 is 0 Å². The molecule has 0 spiro atoms. The first-order valence-corrected chi connectivity index (χ1v) is 7.27. The molecule has 0 amide bonds. The summed E-state index contributed by atoms with van der Waals surface area (Å²) in [7, 11) is 0. The molecule has 0 unspecified atom stereocenters. The Morgan fingerprint density at radius 1 is 0.833 bits per heavy atom. The summed E-state index contributed by atoms with van der Waals surface area (Å²) in [6.45, 7) is 0. The molecule has 1 aromatic carbocycles. The van der Waals surface area contributed by atoms with Crippen LogP contribution < -0.4 is 9.47 Å². The van der Waals surface area contributed by atoms with Gasteiger partial charge in [-0.05, 0) is 35.3 Å². The van der Waals surface area contributed by atoms with Crippen molar-refractivity contribution < 1.29 is 9.47 Å². The highest BCUT2D eigenvalue weighted by molar-refractivity contribution is 6.28. The second-order valence-corrected chi connectivity index (χ2v) is 4.95. The Balaban J connectivity index is 1.93. The van der Waals surface area contributed by atoms with Crippen molar-refractivity contribution in [2.75, 3.05) is 0 Å². The van der Waals surface area contributed by atoms with E-state index in [1.807, 2.05) is 6.07 Å². The molecule has 2 aromatic heterocycles. The summed E-state index contributed by atoms with van der Waals surface area (Å²) in [6.07, 6.45) is 2.89. The van der Waals surface area contributed by atoms with Crippen LogP contribution in [0.25, 0.3) is 0 Å². The van der Waals surface area contributed by atoms with Crippen molar-refractivity contribution in [3.8, 4) is 29.3 Å². The lowest BCUT2D eigenvalue weighted by atomic mass is 10.2. The molecule has 0 N–H and O–H groups in total. The van der Waals surface area contributed by atoms with Crippen molar-refractivity contribution in [1.82, 2.24) is 19.9 Å². The van der Waals surface area contributed by atoms with Gasteiger partial charge in [0.15, 0.2) is 11.5 Å². The average molecular weight is 360 g/mol. The van der Waals surface area contributed by atoms with Crippen LogP contribution in [0.2, 0.25) is 10.6 Å². The van der Waals surface area contributed by atoms with Crippen molar-refractivity contribution in [2.45, 2.75) is 0 Å². The first-order chi connectivity index (χ1) is 11.7. The molecule has 0 saturated carbocycles. The minimum atomic E-state index is 0.0361. The van der Waals surface area contributed by atoms with E-state index in [-0.39, 0.29) is 39.4 Å². The Labute approximate surface area is 146 Å². The molecule has 0 saturated heterocycles. The molecule has 7 nitrogen and oxygen atoms in total. The zero-order chi connectivity index (χ0) is 16.9. The molecule has 118 valence electrons. The van der Waals surface area contributed by atoms with E-state index in [9.17, 15) is 5.26 Å². The SMILES string of the molecule is N#Cc1c(Oc2ccnc(Cl)n2)cccc1Oc1ccnc(Cl)n1. The highest BCUT2D eigenvalue weighted by Gasteiger charge is 2.14. The van der Waals surface area contributed by atoms with Crippen molar-refractivity contribution in [2.24, 2.45) is 0 Å². The van der Waals surface area contributed by atoms with Gasteiger partial charge in [-0.3, -0.25) is 0 Å². The molecule has 3 aromatic rings. The van der Waals surface area contributed by atoms with Gasteiger partial charge in [-0.15, -0.1) is 0 Å². The quantitative estimate of drug-likeness (QED) is 0.648. The number of nitrogens with zero attached hydrogens (tertiary/aromatic N) is 5. The minimum absolute atomic E-state index is 0.0361. The molecule has 0 bridgehead atoms. The van der Waals surface area contributed by atoms with Crippen LogP contribution >= 0.6 is 23.2 Å². The monoisotopic (exact) mass is 359 g/mol. The largest absolute Gasteiger partial charge is 0.437 e. The van der Waals surface area contributed by atoms with Crippen LogP contribution in [0, 0.1) is 11.3 Å². The van der Waals surface area contributed by atoms with Gasteiger partial charge < -0.3 is 9.47 Å². The number of benzene rings is 1. The molecular weight excluding hydrogens is 353 g/mol. The predicted octanol–water partition coefficient (Wildman–Crippen LogP) is 4.03. The molecule has 0 aliphatic carbocycles. The van der Waals surface area contributed by atoms with E-state index in [0.29, 0.717) is 0 Å². The van der Waals surface area contributed by atoms with Crippen LogP contribution in [0.5, 0.6) is 23.3 Å². The molecule has 24 heavy (non-hydrogen) atoms. The predicted molar refractivity (Wildman–Crippen MR) is 85.4 cm³/mol. The van der Waals surface area contributed by atoms with E-state index in [1.165, 1.54) is 24.5 Å². The van der Waals surface area contributed by atoms with Crippen molar-refractivity contribution in [3.63, 3.8) is 0 Å². The highest BCUT2D eigenvalue weighted by atomic mass is 35.5. The Kier molecular flexibility index (Phi) is 4.70. The number of nitriles is 1. The molecule has 9 heteroatoms. The van der Waals surface area contributed by atoms with Crippen LogP contribution in [-0.2, 0) is 0 Å². The van der Waals surface area contributed by atoms with Gasteiger partial charge in [0.2, 0.25) is 22.3 Å².